The highest BCUT2D eigenvalue weighted by atomic mass is 19.2. The lowest BCUT2D eigenvalue weighted by Gasteiger charge is -2.37. The zero-order chi connectivity index (χ0) is 32.9. The van der Waals surface area contributed by atoms with Gasteiger partial charge < -0.3 is 24.0 Å². The van der Waals surface area contributed by atoms with Crippen LogP contribution in [0, 0.1) is 21.7 Å². The minimum atomic E-state index is -2.70. The van der Waals surface area contributed by atoms with E-state index in [2.05, 4.69) is 0 Å². The predicted octanol–water partition coefficient (Wildman–Crippen LogP) is 6.02. The van der Waals surface area contributed by atoms with Gasteiger partial charge in [0.15, 0.2) is 18.2 Å². The quantitative estimate of drug-likeness (QED) is 0.160. The SMILES string of the molecule is COc1ccc(C(F)N(C(=O)COc2ccccc2)c2cc(N3CCN(C(=O)OC(C)(C)C)CC3)ccc2[N+](=O)[O-])c(F)c1F. The Kier molecular flexibility index (Phi) is 10.0. The van der Waals surface area contributed by atoms with Gasteiger partial charge in [0, 0.05) is 43.5 Å². The van der Waals surface area contributed by atoms with Gasteiger partial charge in [0.25, 0.3) is 11.6 Å². The summed E-state index contributed by atoms with van der Waals surface area (Å²) in [6.45, 7) is 5.58. The lowest BCUT2D eigenvalue weighted by atomic mass is 10.1. The number of rotatable bonds is 9. The number of para-hydroxylation sites is 1. The first-order valence-electron chi connectivity index (χ1n) is 14.0. The van der Waals surface area contributed by atoms with Crippen molar-refractivity contribution in [2.75, 3.05) is 49.7 Å². The van der Waals surface area contributed by atoms with Crippen LogP contribution in [0.25, 0.3) is 0 Å². The number of piperazine rings is 1. The van der Waals surface area contributed by atoms with Crippen LogP contribution in [0.3, 0.4) is 0 Å². The van der Waals surface area contributed by atoms with Crippen molar-refractivity contribution in [1.29, 1.82) is 0 Å². The van der Waals surface area contributed by atoms with Gasteiger partial charge in [-0.15, -0.1) is 0 Å². The molecule has 0 N–H and O–H groups in total. The number of carbonyl (C=O) groups excluding carboxylic acids is 2. The molecule has 1 atom stereocenters. The summed E-state index contributed by atoms with van der Waals surface area (Å²) in [7, 11) is 1.10. The fraction of sp³-hybridized carbons (Fsp3) is 0.355. The van der Waals surface area contributed by atoms with Crippen molar-refractivity contribution in [2.24, 2.45) is 0 Å². The van der Waals surface area contributed by atoms with Crippen LogP contribution in [0.15, 0.2) is 60.7 Å². The summed E-state index contributed by atoms with van der Waals surface area (Å²) in [6, 6.07) is 13.7. The number of carbonyl (C=O) groups is 2. The fourth-order valence-corrected chi connectivity index (χ4v) is 4.67. The first kappa shape index (κ1) is 32.9. The Labute approximate surface area is 257 Å². The first-order chi connectivity index (χ1) is 21.3. The highest BCUT2D eigenvalue weighted by molar-refractivity contribution is 5.98. The molecule has 240 valence electrons. The Bertz CT molecular complexity index is 1540. The second-order valence-electron chi connectivity index (χ2n) is 11.1. The molecule has 0 spiro atoms. The van der Waals surface area contributed by atoms with Crippen molar-refractivity contribution in [1.82, 2.24) is 4.90 Å². The summed E-state index contributed by atoms with van der Waals surface area (Å²) in [5.41, 5.74) is -2.35. The van der Waals surface area contributed by atoms with Gasteiger partial charge in [0.1, 0.15) is 17.0 Å². The molecule has 2 amide bonds. The second-order valence-corrected chi connectivity index (χ2v) is 11.1. The third-order valence-electron chi connectivity index (χ3n) is 6.87. The molecule has 1 saturated heterocycles. The number of amides is 2. The summed E-state index contributed by atoms with van der Waals surface area (Å²) >= 11 is 0. The van der Waals surface area contributed by atoms with Gasteiger partial charge in [0.2, 0.25) is 12.1 Å². The third kappa shape index (κ3) is 7.75. The summed E-state index contributed by atoms with van der Waals surface area (Å²) in [4.78, 5) is 41.1. The smallest absolute Gasteiger partial charge is 0.410 e. The van der Waals surface area contributed by atoms with E-state index >= 15 is 8.78 Å². The van der Waals surface area contributed by atoms with Crippen molar-refractivity contribution in [3.63, 3.8) is 0 Å². The van der Waals surface area contributed by atoms with Crippen molar-refractivity contribution >= 4 is 29.1 Å². The van der Waals surface area contributed by atoms with Crippen LogP contribution in [0.1, 0.15) is 32.6 Å². The Hall–Kier alpha value is -5.01. The van der Waals surface area contributed by atoms with Gasteiger partial charge in [0.05, 0.1) is 12.0 Å². The van der Waals surface area contributed by atoms with Crippen LogP contribution >= 0.6 is 0 Å². The number of halogens is 3. The van der Waals surface area contributed by atoms with E-state index in [0.717, 1.165) is 25.3 Å². The minimum Gasteiger partial charge on any atom is -0.494 e. The predicted molar refractivity (Wildman–Crippen MR) is 159 cm³/mol. The molecule has 1 aliphatic rings. The van der Waals surface area contributed by atoms with Crippen LogP contribution < -0.4 is 19.3 Å². The molecule has 1 unspecified atom stereocenters. The number of nitrogens with zero attached hydrogens (tertiary/aromatic N) is 4. The van der Waals surface area contributed by atoms with Crippen molar-refractivity contribution < 1.29 is 41.9 Å². The second kappa shape index (κ2) is 13.7. The summed E-state index contributed by atoms with van der Waals surface area (Å²) < 4.78 is 61.7. The average Bonchev–Trinajstić information content (AvgIpc) is 3.01. The number of nitro benzene ring substituents is 1. The fourth-order valence-electron chi connectivity index (χ4n) is 4.67. The van der Waals surface area contributed by atoms with E-state index < -0.39 is 69.7 Å². The summed E-state index contributed by atoms with van der Waals surface area (Å²) in [5.74, 6) is -4.45. The van der Waals surface area contributed by atoms with Gasteiger partial charge in [-0.3, -0.25) is 19.8 Å². The van der Waals surface area contributed by atoms with E-state index in [-0.39, 0.29) is 18.8 Å². The standard InChI is InChI=1S/C31H33F3N4O7/c1-31(2,3)45-30(40)36-16-14-35(15-17-36)20-10-12-23(38(41)42)24(18-20)37(26(39)19-44-21-8-6-5-7-9-21)29(34)22-11-13-25(43-4)28(33)27(22)32/h5-13,18,29H,14-17,19H2,1-4H3. The first-order valence-corrected chi connectivity index (χ1v) is 14.0. The Balaban J connectivity index is 1.71. The maximum Gasteiger partial charge on any atom is 0.410 e. The number of alkyl halides is 1. The minimum absolute atomic E-state index is 0.258. The molecule has 1 aliphatic heterocycles. The Morgan fingerprint density at radius 1 is 1.00 bits per heavy atom. The zero-order valence-electron chi connectivity index (χ0n) is 25.2. The molecule has 0 aliphatic carbocycles. The van der Waals surface area contributed by atoms with Crippen molar-refractivity contribution in [2.45, 2.75) is 32.7 Å². The van der Waals surface area contributed by atoms with E-state index in [1.807, 2.05) is 0 Å². The third-order valence-corrected chi connectivity index (χ3v) is 6.87. The summed E-state index contributed by atoms with van der Waals surface area (Å²) in [5, 5.41) is 12.1. The van der Waals surface area contributed by atoms with Gasteiger partial charge in [-0.25, -0.2) is 13.6 Å². The number of hydrogen-bond donors (Lipinski definition) is 0. The van der Waals surface area contributed by atoms with Crippen LogP contribution in [0.5, 0.6) is 11.5 Å². The molecule has 45 heavy (non-hydrogen) atoms. The molecule has 0 bridgehead atoms. The van der Waals surface area contributed by atoms with Crippen LogP contribution in [-0.2, 0) is 9.53 Å². The molecule has 14 heteroatoms. The molecule has 4 rings (SSSR count). The van der Waals surface area contributed by atoms with Crippen LogP contribution in [-0.4, -0.2) is 67.3 Å². The van der Waals surface area contributed by atoms with Crippen LogP contribution in [0.4, 0.5) is 35.0 Å². The molecule has 1 fully saturated rings. The molecular weight excluding hydrogens is 597 g/mol. The number of methoxy groups -OCH3 is 1. The van der Waals surface area contributed by atoms with Gasteiger partial charge in [-0.1, -0.05) is 18.2 Å². The molecule has 0 radical (unpaired) electrons. The largest absolute Gasteiger partial charge is 0.494 e. The topological polar surface area (TPSA) is 115 Å². The molecule has 11 nitrogen and oxygen atoms in total. The molecule has 3 aromatic rings. The maximum atomic E-state index is 16.3. The Morgan fingerprint density at radius 2 is 1.67 bits per heavy atom. The number of anilines is 2. The molecule has 1 heterocycles. The molecular formula is C31H33F3N4O7. The summed E-state index contributed by atoms with van der Waals surface area (Å²) in [6.07, 6.45) is -3.19. The monoisotopic (exact) mass is 630 g/mol. The van der Waals surface area contributed by atoms with E-state index in [9.17, 15) is 24.1 Å². The maximum absolute atomic E-state index is 16.3. The molecule has 3 aromatic carbocycles. The lowest BCUT2D eigenvalue weighted by molar-refractivity contribution is -0.384. The van der Waals surface area contributed by atoms with E-state index in [4.69, 9.17) is 14.2 Å². The average molecular weight is 631 g/mol. The van der Waals surface area contributed by atoms with Gasteiger partial charge in [-0.2, -0.15) is 4.39 Å². The van der Waals surface area contributed by atoms with Crippen molar-refractivity contribution in [3.8, 4) is 11.5 Å². The van der Waals surface area contributed by atoms with E-state index in [1.54, 1.807) is 56.0 Å². The highest BCUT2D eigenvalue weighted by Crippen LogP contribution is 2.40. The number of benzene rings is 3. The molecule has 0 saturated carbocycles. The number of ether oxygens (including phenoxy) is 3. The van der Waals surface area contributed by atoms with Gasteiger partial charge >= 0.3 is 6.09 Å². The highest BCUT2D eigenvalue weighted by Gasteiger charge is 2.36. The number of nitro groups is 1. The normalized spacial score (nSPS) is 14.0. The van der Waals surface area contributed by atoms with E-state index in [0.29, 0.717) is 23.7 Å². The number of hydrogen-bond acceptors (Lipinski definition) is 8. The van der Waals surface area contributed by atoms with Gasteiger partial charge in [-0.05, 0) is 57.2 Å². The Morgan fingerprint density at radius 3 is 2.27 bits per heavy atom. The molecule has 0 aromatic heterocycles. The van der Waals surface area contributed by atoms with E-state index in [1.165, 1.54) is 17.0 Å². The van der Waals surface area contributed by atoms with Crippen molar-refractivity contribution in [3.05, 3.63) is 88.0 Å². The van der Waals surface area contributed by atoms with Crippen LogP contribution in [0.2, 0.25) is 0 Å². The lowest BCUT2D eigenvalue weighted by Crippen LogP contribution is -2.50. The zero-order valence-corrected chi connectivity index (χ0v) is 25.2.